The van der Waals surface area contributed by atoms with Crippen LogP contribution in [-0.2, 0) is 4.74 Å². The fraction of sp³-hybridized carbons (Fsp3) is 1.00. The summed E-state index contributed by atoms with van der Waals surface area (Å²) in [7, 11) is 0. The molecule has 1 aliphatic rings. The predicted molar refractivity (Wildman–Crippen MR) is 22.6 cm³/mol. The lowest BCUT2D eigenvalue weighted by molar-refractivity contribution is -0.441. The van der Waals surface area contributed by atoms with Crippen LogP contribution in [0.1, 0.15) is 0 Å². The van der Waals surface area contributed by atoms with Crippen LogP contribution in [-0.4, -0.2) is 26.0 Å². The first-order valence-electron chi connectivity index (χ1n) is 2.36. The van der Waals surface area contributed by atoms with Crippen LogP contribution < -0.4 is 10.4 Å². The lowest BCUT2D eigenvalue weighted by atomic mass is 10.5. The molecule has 0 unspecified atom stereocenters. The van der Waals surface area contributed by atoms with Gasteiger partial charge in [0.25, 0.3) is 0 Å². The molecule has 0 radical (unpaired) electrons. The van der Waals surface area contributed by atoms with Crippen molar-refractivity contribution in [3.63, 3.8) is 0 Å². The molecule has 3 heteroatoms. The van der Waals surface area contributed by atoms with Gasteiger partial charge in [-0.1, -0.05) is 0 Å². The van der Waals surface area contributed by atoms with Gasteiger partial charge in [-0.05, 0) is 6.23 Å². The van der Waals surface area contributed by atoms with Crippen molar-refractivity contribution in [3.8, 4) is 0 Å². The summed E-state index contributed by atoms with van der Waals surface area (Å²) in [6.45, 7) is 1.70. The highest BCUT2D eigenvalue weighted by Gasteiger charge is 1.98. The SMILES string of the molecule is [O-][C@@H]1COCCN1. The normalized spacial score (nSPS) is 33.0. The van der Waals surface area contributed by atoms with E-state index in [0.717, 1.165) is 0 Å². The van der Waals surface area contributed by atoms with Gasteiger partial charge in [0.05, 0.1) is 6.61 Å². The lowest BCUT2D eigenvalue weighted by Crippen LogP contribution is -2.49. The number of rotatable bonds is 0. The monoisotopic (exact) mass is 102 g/mol. The first-order chi connectivity index (χ1) is 3.39. The van der Waals surface area contributed by atoms with E-state index >= 15 is 0 Å². The second-order valence-corrected chi connectivity index (χ2v) is 1.52. The van der Waals surface area contributed by atoms with E-state index < -0.39 is 6.23 Å². The van der Waals surface area contributed by atoms with E-state index in [4.69, 9.17) is 4.74 Å². The minimum absolute atomic E-state index is 0.319. The molecule has 7 heavy (non-hydrogen) atoms. The van der Waals surface area contributed by atoms with Gasteiger partial charge in [0, 0.05) is 13.2 Å². The summed E-state index contributed by atoms with van der Waals surface area (Å²) in [5.74, 6) is 0. The van der Waals surface area contributed by atoms with Crippen LogP contribution in [0, 0.1) is 0 Å². The molecule has 1 N–H and O–H groups in total. The molecule has 1 saturated heterocycles. The van der Waals surface area contributed by atoms with Crippen LogP contribution >= 0.6 is 0 Å². The van der Waals surface area contributed by atoms with Crippen molar-refractivity contribution in [1.82, 2.24) is 5.32 Å². The average molecular weight is 102 g/mol. The summed E-state index contributed by atoms with van der Waals surface area (Å²) in [5.41, 5.74) is 0. The molecule has 0 aromatic rings. The topological polar surface area (TPSA) is 44.3 Å². The van der Waals surface area contributed by atoms with Gasteiger partial charge in [0.15, 0.2) is 0 Å². The Bertz CT molecular complexity index is 51.7. The Hall–Kier alpha value is -0.120. The molecular weight excluding hydrogens is 94.0 g/mol. The van der Waals surface area contributed by atoms with Gasteiger partial charge < -0.3 is 15.2 Å². The first kappa shape index (κ1) is 5.03. The number of nitrogens with one attached hydrogen (secondary N) is 1. The lowest BCUT2D eigenvalue weighted by Gasteiger charge is -2.27. The van der Waals surface area contributed by atoms with Crippen molar-refractivity contribution in [2.75, 3.05) is 19.8 Å². The molecule has 0 aromatic heterocycles. The van der Waals surface area contributed by atoms with Crippen molar-refractivity contribution in [1.29, 1.82) is 0 Å². The third kappa shape index (κ3) is 1.43. The summed E-state index contributed by atoms with van der Waals surface area (Å²) in [6, 6.07) is 0. The fourth-order valence-corrected chi connectivity index (χ4v) is 0.541. The zero-order chi connectivity index (χ0) is 5.11. The average Bonchev–Trinajstić information content (AvgIpc) is 1.69. The summed E-state index contributed by atoms with van der Waals surface area (Å²) in [4.78, 5) is 0. The second-order valence-electron chi connectivity index (χ2n) is 1.52. The van der Waals surface area contributed by atoms with Crippen LogP contribution in [0.15, 0.2) is 0 Å². The Kier molecular flexibility index (Phi) is 1.62. The van der Waals surface area contributed by atoms with Crippen LogP contribution in [0.4, 0.5) is 0 Å². The van der Waals surface area contributed by atoms with E-state index in [1.807, 2.05) is 0 Å². The van der Waals surface area contributed by atoms with Crippen LogP contribution in [0.2, 0.25) is 0 Å². The van der Waals surface area contributed by atoms with Crippen LogP contribution in [0.3, 0.4) is 0 Å². The molecular formula is C4H8NO2-. The smallest absolute Gasteiger partial charge is 0.0590 e. The maximum atomic E-state index is 10.3. The fourth-order valence-electron chi connectivity index (χ4n) is 0.541. The molecule has 0 aliphatic carbocycles. The number of morpholine rings is 1. The van der Waals surface area contributed by atoms with Gasteiger partial charge >= 0.3 is 0 Å². The van der Waals surface area contributed by atoms with E-state index in [-0.39, 0.29) is 0 Å². The van der Waals surface area contributed by atoms with Crippen molar-refractivity contribution >= 4 is 0 Å². The Balaban J connectivity index is 2.12. The van der Waals surface area contributed by atoms with Gasteiger partial charge in [0.2, 0.25) is 0 Å². The molecule has 1 rings (SSSR count). The highest BCUT2D eigenvalue weighted by atomic mass is 16.5. The standard InChI is InChI=1S/C4H8NO2/c6-4-3-7-2-1-5-4/h4-5H,1-3H2/q-1/t4-/m1/s1. The number of hydrogen-bond donors (Lipinski definition) is 1. The molecule has 0 spiro atoms. The molecule has 3 nitrogen and oxygen atoms in total. The molecule has 42 valence electrons. The molecule has 1 fully saturated rings. The zero-order valence-electron chi connectivity index (χ0n) is 4.02. The van der Waals surface area contributed by atoms with E-state index in [0.29, 0.717) is 19.8 Å². The zero-order valence-corrected chi connectivity index (χ0v) is 4.02. The predicted octanol–water partition coefficient (Wildman–Crippen LogP) is -1.71. The first-order valence-corrected chi connectivity index (χ1v) is 2.36. The maximum absolute atomic E-state index is 10.3. The van der Waals surface area contributed by atoms with E-state index in [9.17, 15) is 5.11 Å². The Morgan fingerprint density at radius 2 is 2.57 bits per heavy atom. The highest BCUT2D eigenvalue weighted by Crippen LogP contribution is 1.82. The Labute approximate surface area is 42.3 Å². The minimum Gasteiger partial charge on any atom is -0.839 e. The van der Waals surface area contributed by atoms with Crippen LogP contribution in [0.5, 0.6) is 0 Å². The van der Waals surface area contributed by atoms with E-state index in [1.54, 1.807) is 0 Å². The van der Waals surface area contributed by atoms with Gasteiger partial charge in [-0.3, -0.25) is 0 Å². The Morgan fingerprint density at radius 3 is 2.86 bits per heavy atom. The molecule has 0 aromatic carbocycles. The van der Waals surface area contributed by atoms with Gasteiger partial charge in [-0.25, -0.2) is 0 Å². The third-order valence-electron chi connectivity index (χ3n) is 0.888. The molecule has 0 bridgehead atoms. The van der Waals surface area contributed by atoms with Gasteiger partial charge in [-0.15, -0.1) is 0 Å². The van der Waals surface area contributed by atoms with Crippen molar-refractivity contribution in [2.45, 2.75) is 6.23 Å². The van der Waals surface area contributed by atoms with E-state index in [1.165, 1.54) is 0 Å². The number of hydrogen-bond acceptors (Lipinski definition) is 3. The molecule has 0 saturated carbocycles. The largest absolute Gasteiger partial charge is 0.839 e. The quantitative estimate of drug-likeness (QED) is 0.396. The third-order valence-corrected chi connectivity index (χ3v) is 0.888. The van der Waals surface area contributed by atoms with Crippen molar-refractivity contribution in [2.24, 2.45) is 0 Å². The summed E-state index contributed by atoms with van der Waals surface area (Å²) >= 11 is 0. The van der Waals surface area contributed by atoms with Crippen molar-refractivity contribution in [3.05, 3.63) is 0 Å². The van der Waals surface area contributed by atoms with E-state index in [2.05, 4.69) is 5.32 Å². The molecule has 1 heterocycles. The Morgan fingerprint density at radius 1 is 1.71 bits per heavy atom. The molecule has 1 aliphatic heterocycles. The highest BCUT2D eigenvalue weighted by molar-refractivity contribution is 4.54. The van der Waals surface area contributed by atoms with Crippen molar-refractivity contribution < 1.29 is 9.84 Å². The minimum atomic E-state index is -0.686. The molecule has 1 atom stereocenters. The number of ether oxygens (including phenoxy) is 1. The summed E-state index contributed by atoms with van der Waals surface area (Å²) in [6.07, 6.45) is -0.686. The van der Waals surface area contributed by atoms with Crippen LogP contribution in [0.25, 0.3) is 0 Å². The van der Waals surface area contributed by atoms with Gasteiger partial charge in [-0.2, -0.15) is 0 Å². The molecule has 0 amide bonds. The maximum Gasteiger partial charge on any atom is 0.0590 e. The summed E-state index contributed by atoms with van der Waals surface area (Å²) < 4.78 is 4.81. The summed E-state index contributed by atoms with van der Waals surface area (Å²) in [5, 5.41) is 13.0. The second kappa shape index (κ2) is 2.26. The van der Waals surface area contributed by atoms with Gasteiger partial charge in [0.1, 0.15) is 0 Å².